The van der Waals surface area contributed by atoms with Crippen molar-refractivity contribution < 1.29 is 14.7 Å². The number of hydrogen-bond donors (Lipinski definition) is 1. The van der Waals surface area contributed by atoms with Crippen molar-refractivity contribution in [1.29, 1.82) is 0 Å². The normalized spacial score (nSPS) is 17.7. The lowest BCUT2D eigenvalue weighted by atomic mass is 9.63. The largest absolute Gasteiger partial charge is 0.478 e. The molecule has 0 radical (unpaired) electrons. The van der Waals surface area contributed by atoms with Crippen LogP contribution in [0.1, 0.15) is 160 Å². The van der Waals surface area contributed by atoms with Crippen LogP contribution in [0.3, 0.4) is 0 Å². The zero-order valence-electron chi connectivity index (χ0n) is 32.3. The Hall–Kier alpha value is -4.68. The van der Waals surface area contributed by atoms with Gasteiger partial charge in [0.25, 0.3) is 0 Å². The van der Waals surface area contributed by atoms with Gasteiger partial charge in [-0.2, -0.15) is 0 Å². The van der Waals surface area contributed by atoms with E-state index in [4.69, 9.17) is 5.11 Å². The van der Waals surface area contributed by atoms with Crippen LogP contribution in [0.2, 0.25) is 0 Å². The van der Waals surface area contributed by atoms with E-state index in [9.17, 15) is 9.59 Å². The molecule has 264 valence electrons. The number of aromatic carboxylic acids is 1. The summed E-state index contributed by atoms with van der Waals surface area (Å²) in [5, 5.41) is 9.02. The first-order valence-electron chi connectivity index (χ1n) is 18.2. The van der Waals surface area contributed by atoms with Crippen molar-refractivity contribution in [3.8, 4) is 11.8 Å². The highest BCUT2D eigenvalue weighted by molar-refractivity contribution is 5.94. The minimum atomic E-state index is -0.892. The second-order valence-electron chi connectivity index (χ2n) is 17.2. The summed E-state index contributed by atoms with van der Waals surface area (Å²) in [5.74, 6) is 5.70. The van der Waals surface area contributed by atoms with Crippen molar-refractivity contribution in [2.75, 3.05) is 0 Å². The number of carboxylic acids is 1. The van der Waals surface area contributed by atoms with Crippen LogP contribution in [0.15, 0.2) is 84.9 Å². The number of carboxylic acid groups (broad SMARTS) is 1. The van der Waals surface area contributed by atoms with Gasteiger partial charge in [0.15, 0.2) is 5.78 Å². The number of benzene rings is 4. The first kappa shape index (κ1) is 37.6. The molecule has 0 aromatic heterocycles. The van der Waals surface area contributed by atoms with Gasteiger partial charge in [-0.25, -0.2) is 4.79 Å². The minimum Gasteiger partial charge on any atom is -0.478 e. The van der Waals surface area contributed by atoms with E-state index in [0.717, 1.165) is 22.3 Å². The maximum atomic E-state index is 11.3. The van der Waals surface area contributed by atoms with E-state index in [1.807, 2.05) is 36.4 Å². The van der Waals surface area contributed by atoms with E-state index in [1.165, 1.54) is 59.1 Å². The summed E-state index contributed by atoms with van der Waals surface area (Å²) >= 11 is 0. The summed E-state index contributed by atoms with van der Waals surface area (Å²) in [6.07, 6.45) is 6.97. The molecule has 0 atom stereocenters. The van der Waals surface area contributed by atoms with Gasteiger partial charge in [0.05, 0.1) is 5.56 Å². The molecule has 2 aliphatic carbocycles. The minimum absolute atomic E-state index is 0.0824. The van der Waals surface area contributed by atoms with Gasteiger partial charge in [0, 0.05) is 16.7 Å². The van der Waals surface area contributed by atoms with Crippen molar-refractivity contribution in [3.63, 3.8) is 0 Å². The van der Waals surface area contributed by atoms with Gasteiger partial charge in [-0.1, -0.05) is 122 Å². The summed E-state index contributed by atoms with van der Waals surface area (Å²) in [5.41, 5.74) is 13.2. The monoisotopic (exact) mass is 678 g/mol. The summed E-state index contributed by atoms with van der Waals surface area (Å²) < 4.78 is 0. The lowest BCUT2D eigenvalue weighted by Gasteiger charge is -2.42. The molecule has 4 aromatic carbocycles. The first-order chi connectivity index (χ1) is 23.8. The van der Waals surface area contributed by atoms with E-state index in [2.05, 4.69) is 117 Å². The van der Waals surface area contributed by atoms with Crippen molar-refractivity contribution in [2.24, 2.45) is 0 Å². The van der Waals surface area contributed by atoms with Crippen LogP contribution >= 0.6 is 0 Å². The van der Waals surface area contributed by atoms with Crippen molar-refractivity contribution in [2.45, 2.75) is 117 Å². The fraction of sp³-hybridized carbons (Fsp3) is 0.375. The maximum absolute atomic E-state index is 11.3. The second-order valence-corrected chi connectivity index (χ2v) is 17.2. The fourth-order valence-corrected chi connectivity index (χ4v) is 7.49. The van der Waals surface area contributed by atoms with Crippen LogP contribution in [0.5, 0.6) is 0 Å². The SMILES string of the molecule is C/C(=C\c1ccc(C(=O)O)cc1)c1ccc2c(c1)C(C)(C)CCC2(C)C.CC(=O)c1ccc(C#Cc2ccc3c(c2)C(C)(C)CCC3(C)C)cc1. The lowest BCUT2D eigenvalue weighted by Crippen LogP contribution is -2.33. The van der Waals surface area contributed by atoms with Gasteiger partial charge < -0.3 is 5.11 Å². The molecule has 0 spiro atoms. The molecule has 0 amide bonds. The molecule has 2 aliphatic rings. The zero-order valence-corrected chi connectivity index (χ0v) is 32.3. The number of ketones is 1. The summed E-state index contributed by atoms with van der Waals surface area (Å²) in [7, 11) is 0. The molecule has 0 saturated heterocycles. The Morgan fingerprint density at radius 1 is 0.529 bits per heavy atom. The van der Waals surface area contributed by atoms with E-state index < -0.39 is 5.97 Å². The Morgan fingerprint density at radius 3 is 1.45 bits per heavy atom. The maximum Gasteiger partial charge on any atom is 0.335 e. The summed E-state index contributed by atoms with van der Waals surface area (Å²) in [6, 6.07) is 28.1. The van der Waals surface area contributed by atoms with Gasteiger partial charge in [-0.3, -0.25) is 4.79 Å². The molecule has 0 unspecified atom stereocenters. The van der Waals surface area contributed by atoms with Crippen LogP contribution in [0.25, 0.3) is 11.6 Å². The molecule has 0 aliphatic heterocycles. The highest BCUT2D eigenvalue weighted by Crippen LogP contribution is 2.47. The number of rotatable bonds is 4. The standard InChI is InChI=1S/C24H28O2.C24H26O/c1-16(14-17-6-8-18(9-7-17)22(25)26)19-10-11-20-21(15-19)24(4,5)13-12-23(20,2)3;1-17(25)20-11-8-18(9-12-20)6-7-19-10-13-21-22(16-19)24(4,5)15-14-23(21,2)3/h6-11,14-15H,12-13H2,1-5H3,(H,25,26);8-13,16H,14-15H2,1-5H3/b16-14+;. The van der Waals surface area contributed by atoms with E-state index in [1.54, 1.807) is 19.1 Å². The van der Waals surface area contributed by atoms with Crippen molar-refractivity contribution in [1.82, 2.24) is 0 Å². The Morgan fingerprint density at radius 2 is 0.941 bits per heavy atom. The van der Waals surface area contributed by atoms with Gasteiger partial charge in [-0.15, -0.1) is 0 Å². The second kappa shape index (κ2) is 14.1. The molecule has 4 aromatic rings. The number of Topliss-reactive ketones (excluding diaryl/α,β-unsaturated/α-hetero) is 1. The highest BCUT2D eigenvalue weighted by atomic mass is 16.4. The quantitative estimate of drug-likeness (QED) is 0.133. The molecule has 0 bridgehead atoms. The molecule has 51 heavy (non-hydrogen) atoms. The smallest absolute Gasteiger partial charge is 0.335 e. The Balaban J connectivity index is 0.000000198. The average molecular weight is 679 g/mol. The van der Waals surface area contributed by atoms with Crippen molar-refractivity contribution >= 4 is 23.4 Å². The first-order valence-corrected chi connectivity index (χ1v) is 18.2. The molecular formula is C48H54O3. The van der Waals surface area contributed by atoms with E-state index in [0.29, 0.717) is 5.56 Å². The molecule has 3 heteroatoms. The Bertz CT molecular complexity index is 2040. The lowest BCUT2D eigenvalue weighted by molar-refractivity contribution is 0.0696. The predicted molar refractivity (Wildman–Crippen MR) is 213 cm³/mol. The molecule has 6 rings (SSSR count). The third-order valence-electron chi connectivity index (χ3n) is 11.3. The molecule has 3 nitrogen and oxygen atoms in total. The number of carbonyl (C=O) groups excluding carboxylic acids is 1. The Labute approximate surface area is 306 Å². The molecule has 1 N–H and O–H groups in total. The average Bonchev–Trinajstić information content (AvgIpc) is 3.08. The van der Waals surface area contributed by atoms with Crippen LogP contribution in [0, 0.1) is 11.8 Å². The third-order valence-corrected chi connectivity index (χ3v) is 11.3. The fourth-order valence-electron chi connectivity index (χ4n) is 7.49. The van der Waals surface area contributed by atoms with Crippen molar-refractivity contribution in [3.05, 3.63) is 141 Å². The van der Waals surface area contributed by atoms with Gasteiger partial charge in [-0.05, 0) is 137 Å². The summed E-state index contributed by atoms with van der Waals surface area (Å²) in [6.45, 7) is 22.4. The van der Waals surface area contributed by atoms with E-state index in [-0.39, 0.29) is 27.4 Å². The number of hydrogen-bond acceptors (Lipinski definition) is 2. The van der Waals surface area contributed by atoms with Gasteiger partial charge in [0.2, 0.25) is 0 Å². The summed E-state index contributed by atoms with van der Waals surface area (Å²) in [4.78, 5) is 22.3. The zero-order chi connectivity index (χ0) is 37.4. The number of carbonyl (C=O) groups is 2. The van der Waals surface area contributed by atoms with Crippen LogP contribution in [-0.4, -0.2) is 16.9 Å². The van der Waals surface area contributed by atoms with Crippen LogP contribution in [-0.2, 0) is 21.7 Å². The van der Waals surface area contributed by atoms with Crippen LogP contribution < -0.4 is 0 Å². The number of allylic oxidation sites excluding steroid dienone is 1. The van der Waals surface area contributed by atoms with Crippen LogP contribution in [0.4, 0.5) is 0 Å². The third kappa shape index (κ3) is 8.45. The molecular weight excluding hydrogens is 625 g/mol. The molecule has 0 heterocycles. The molecule has 0 fully saturated rings. The Kier molecular flexibility index (Phi) is 10.4. The topological polar surface area (TPSA) is 54.4 Å². The van der Waals surface area contributed by atoms with E-state index >= 15 is 0 Å². The highest BCUT2D eigenvalue weighted by Gasteiger charge is 2.38. The molecule has 0 saturated carbocycles. The van der Waals surface area contributed by atoms with Gasteiger partial charge in [0.1, 0.15) is 0 Å². The predicted octanol–water partition coefficient (Wildman–Crippen LogP) is 11.9. The number of fused-ring (bicyclic) bond motifs is 2. The van der Waals surface area contributed by atoms with Gasteiger partial charge >= 0.3 is 5.97 Å².